The van der Waals surface area contributed by atoms with Crippen molar-refractivity contribution >= 4 is 18.0 Å². The predicted octanol–water partition coefficient (Wildman–Crippen LogP) is 3.13. The van der Waals surface area contributed by atoms with Crippen molar-refractivity contribution in [1.82, 2.24) is 5.32 Å². The summed E-state index contributed by atoms with van der Waals surface area (Å²) in [5, 5.41) is 11.8. The zero-order chi connectivity index (χ0) is 18.9. The van der Waals surface area contributed by atoms with Crippen LogP contribution < -0.4 is 5.32 Å². The molecule has 2 aromatic carbocycles. The molecule has 1 amide bonds. The van der Waals surface area contributed by atoms with E-state index in [0.29, 0.717) is 16.7 Å². The van der Waals surface area contributed by atoms with E-state index in [9.17, 15) is 14.0 Å². The number of benzene rings is 2. The quantitative estimate of drug-likeness (QED) is 0.640. The molecule has 0 aliphatic rings. The van der Waals surface area contributed by atoms with Gasteiger partial charge in [0.05, 0.1) is 31.2 Å². The van der Waals surface area contributed by atoms with Gasteiger partial charge in [-0.1, -0.05) is 30.3 Å². The van der Waals surface area contributed by atoms with Gasteiger partial charge in [-0.2, -0.15) is 5.26 Å². The van der Waals surface area contributed by atoms with Crippen LogP contribution in [0.15, 0.2) is 54.6 Å². The Labute approximate surface area is 150 Å². The highest BCUT2D eigenvalue weighted by Gasteiger charge is 2.18. The van der Waals surface area contributed by atoms with Crippen molar-refractivity contribution in [1.29, 1.82) is 5.26 Å². The third-order valence-electron chi connectivity index (χ3n) is 3.68. The summed E-state index contributed by atoms with van der Waals surface area (Å²) in [6.07, 6.45) is 2.72. The molecule has 0 heterocycles. The van der Waals surface area contributed by atoms with Crippen LogP contribution in [0.2, 0.25) is 0 Å². The molecule has 2 rings (SSSR count). The van der Waals surface area contributed by atoms with Crippen molar-refractivity contribution in [3.8, 4) is 6.07 Å². The molecular formula is C20H17FN2O3. The van der Waals surface area contributed by atoms with Crippen molar-refractivity contribution in [2.45, 2.75) is 12.5 Å². The summed E-state index contributed by atoms with van der Waals surface area (Å²) in [4.78, 5) is 23.8. The van der Waals surface area contributed by atoms with Crippen molar-refractivity contribution in [3.63, 3.8) is 0 Å². The smallest absolute Gasteiger partial charge is 0.307 e. The highest BCUT2D eigenvalue weighted by atomic mass is 19.1. The lowest BCUT2D eigenvalue weighted by molar-refractivity contribution is -0.141. The number of nitrogens with zero attached hydrogens (tertiary/aromatic N) is 1. The average Bonchev–Trinajstić information content (AvgIpc) is 2.66. The lowest BCUT2D eigenvalue weighted by Crippen LogP contribution is -2.29. The van der Waals surface area contributed by atoms with Crippen LogP contribution in [0.4, 0.5) is 4.39 Å². The van der Waals surface area contributed by atoms with E-state index in [-0.39, 0.29) is 6.42 Å². The van der Waals surface area contributed by atoms with Gasteiger partial charge in [0, 0.05) is 6.08 Å². The zero-order valence-corrected chi connectivity index (χ0v) is 14.1. The van der Waals surface area contributed by atoms with Gasteiger partial charge in [-0.3, -0.25) is 9.59 Å². The number of nitriles is 1. The second-order valence-electron chi connectivity index (χ2n) is 5.43. The summed E-state index contributed by atoms with van der Waals surface area (Å²) >= 11 is 0. The Hall–Kier alpha value is -3.46. The second-order valence-corrected chi connectivity index (χ2v) is 5.43. The van der Waals surface area contributed by atoms with E-state index in [0.717, 1.165) is 0 Å². The molecule has 2 aromatic rings. The Morgan fingerprint density at radius 3 is 2.58 bits per heavy atom. The van der Waals surface area contributed by atoms with Gasteiger partial charge in [0.1, 0.15) is 5.82 Å². The van der Waals surface area contributed by atoms with E-state index in [2.05, 4.69) is 10.1 Å². The lowest BCUT2D eigenvalue weighted by Gasteiger charge is -2.17. The molecule has 0 bridgehead atoms. The highest BCUT2D eigenvalue weighted by Crippen LogP contribution is 2.18. The van der Waals surface area contributed by atoms with Crippen LogP contribution in [-0.4, -0.2) is 19.0 Å². The van der Waals surface area contributed by atoms with E-state index >= 15 is 0 Å². The average molecular weight is 352 g/mol. The standard InChI is InChI=1S/C20H17FN2O3/c1-26-20(25)12-18(15-6-9-17(21)10-7-15)23-19(24)11-8-14-4-2-3-5-16(14)13-22/h2-11,18H,12H2,1H3,(H,23,24)/b11-8+. The summed E-state index contributed by atoms with van der Waals surface area (Å²) in [5.74, 6) is -1.36. The Morgan fingerprint density at radius 2 is 1.92 bits per heavy atom. The Balaban J connectivity index is 2.15. The maximum atomic E-state index is 13.1. The maximum Gasteiger partial charge on any atom is 0.307 e. The van der Waals surface area contributed by atoms with Gasteiger partial charge in [0.2, 0.25) is 5.91 Å². The van der Waals surface area contributed by atoms with Crippen molar-refractivity contribution in [2.24, 2.45) is 0 Å². The molecule has 0 aromatic heterocycles. The number of rotatable bonds is 6. The number of hydrogen-bond donors (Lipinski definition) is 1. The first-order valence-electron chi connectivity index (χ1n) is 7.83. The summed E-state index contributed by atoms with van der Waals surface area (Å²) in [5.41, 5.74) is 1.63. The van der Waals surface area contributed by atoms with Gasteiger partial charge in [-0.15, -0.1) is 0 Å². The van der Waals surface area contributed by atoms with Gasteiger partial charge >= 0.3 is 5.97 Å². The minimum Gasteiger partial charge on any atom is -0.469 e. The summed E-state index contributed by atoms with van der Waals surface area (Å²) in [7, 11) is 1.25. The molecule has 1 atom stereocenters. The molecule has 0 fully saturated rings. The van der Waals surface area contributed by atoms with E-state index in [1.165, 1.54) is 43.5 Å². The van der Waals surface area contributed by atoms with Crippen LogP contribution in [0.25, 0.3) is 6.08 Å². The maximum absolute atomic E-state index is 13.1. The van der Waals surface area contributed by atoms with Gasteiger partial charge < -0.3 is 10.1 Å². The van der Waals surface area contributed by atoms with Crippen molar-refractivity contribution < 1.29 is 18.7 Å². The number of esters is 1. The fraction of sp³-hybridized carbons (Fsp3) is 0.150. The topological polar surface area (TPSA) is 79.2 Å². The molecule has 6 heteroatoms. The van der Waals surface area contributed by atoms with E-state index in [4.69, 9.17) is 5.26 Å². The third kappa shape index (κ3) is 5.28. The largest absolute Gasteiger partial charge is 0.469 e. The van der Waals surface area contributed by atoms with E-state index in [1.54, 1.807) is 24.3 Å². The molecular weight excluding hydrogens is 335 g/mol. The minimum atomic E-state index is -0.661. The van der Waals surface area contributed by atoms with Crippen LogP contribution in [0, 0.1) is 17.1 Å². The lowest BCUT2D eigenvalue weighted by atomic mass is 10.0. The van der Waals surface area contributed by atoms with Gasteiger partial charge in [-0.05, 0) is 35.4 Å². The van der Waals surface area contributed by atoms with Gasteiger partial charge in [0.25, 0.3) is 0 Å². The summed E-state index contributed by atoms with van der Waals surface area (Å²) in [6, 6.07) is 13.7. The molecule has 5 nitrogen and oxygen atoms in total. The van der Waals surface area contributed by atoms with E-state index in [1.807, 2.05) is 6.07 Å². The zero-order valence-electron chi connectivity index (χ0n) is 14.1. The van der Waals surface area contributed by atoms with Crippen LogP contribution >= 0.6 is 0 Å². The fourth-order valence-electron chi connectivity index (χ4n) is 2.33. The van der Waals surface area contributed by atoms with Crippen LogP contribution in [0.5, 0.6) is 0 Å². The number of ether oxygens (including phenoxy) is 1. The van der Waals surface area contributed by atoms with E-state index < -0.39 is 23.7 Å². The molecule has 1 unspecified atom stereocenters. The Bertz CT molecular complexity index is 854. The number of carbonyl (C=O) groups excluding carboxylic acids is 2. The highest BCUT2D eigenvalue weighted by molar-refractivity contribution is 5.92. The van der Waals surface area contributed by atoms with Crippen LogP contribution in [0.1, 0.15) is 29.2 Å². The number of hydrogen-bond acceptors (Lipinski definition) is 4. The number of nitrogens with one attached hydrogen (secondary N) is 1. The Kier molecular flexibility index (Phi) is 6.63. The molecule has 26 heavy (non-hydrogen) atoms. The molecule has 0 spiro atoms. The Morgan fingerprint density at radius 1 is 1.23 bits per heavy atom. The first-order chi connectivity index (χ1) is 12.5. The second kappa shape index (κ2) is 9.14. The fourth-order valence-corrected chi connectivity index (χ4v) is 2.33. The van der Waals surface area contributed by atoms with Crippen molar-refractivity contribution in [2.75, 3.05) is 7.11 Å². The van der Waals surface area contributed by atoms with Crippen molar-refractivity contribution in [3.05, 3.63) is 77.1 Å². The molecule has 0 aliphatic heterocycles. The van der Waals surface area contributed by atoms with Gasteiger partial charge in [-0.25, -0.2) is 4.39 Å². The summed E-state index contributed by atoms with van der Waals surface area (Å²) in [6.45, 7) is 0. The number of carbonyl (C=O) groups is 2. The molecule has 1 N–H and O–H groups in total. The molecule has 0 aliphatic carbocycles. The number of halogens is 1. The first kappa shape index (κ1) is 18.9. The van der Waals surface area contributed by atoms with Crippen LogP contribution in [-0.2, 0) is 14.3 Å². The third-order valence-corrected chi connectivity index (χ3v) is 3.68. The predicted molar refractivity (Wildman–Crippen MR) is 94.1 cm³/mol. The molecule has 132 valence electrons. The molecule has 0 radical (unpaired) electrons. The molecule has 0 saturated heterocycles. The van der Waals surface area contributed by atoms with Gasteiger partial charge in [0.15, 0.2) is 0 Å². The number of methoxy groups -OCH3 is 1. The normalized spacial score (nSPS) is 11.6. The number of amides is 1. The minimum absolute atomic E-state index is 0.0868. The SMILES string of the molecule is COC(=O)CC(NC(=O)/C=C/c1ccccc1C#N)c1ccc(F)cc1. The molecule has 0 saturated carbocycles. The first-order valence-corrected chi connectivity index (χ1v) is 7.83. The summed E-state index contributed by atoms with van der Waals surface area (Å²) < 4.78 is 17.8. The van der Waals surface area contributed by atoms with Crippen LogP contribution in [0.3, 0.4) is 0 Å². The monoisotopic (exact) mass is 352 g/mol.